The minimum absolute atomic E-state index is 0.222. The minimum Gasteiger partial charge on any atom is -0.381 e. The van der Waals surface area contributed by atoms with Crippen molar-refractivity contribution in [2.24, 2.45) is 0 Å². The number of carbonyl (C=O) groups excluding carboxylic acids is 1. The van der Waals surface area contributed by atoms with Crippen LogP contribution in [0.2, 0.25) is 5.02 Å². The maximum Gasteiger partial charge on any atom is 0.255 e. The first-order valence-electron chi connectivity index (χ1n) is 8.28. The Morgan fingerprint density at radius 2 is 2.04 bits per heavy atom. The number of benzene rings is 2. The summed E-state index contributed by atoms with van der Waals surface area (Å²) in [5.41, 5.74) is 10.3. The lowest BCUT2D eigenvalue weighted by atomic mass is 10.1. The smallest absolute Gasteiger partial charge is 0.255 e. The highest BCUT2D eigenvalue weighted by molar-refractivity contribution is 6.31. The number of carbonyl (C=O) groups is 1. The van der Waals surface area contributed by atoms with Crippen molar-refractivity contribution in [3.63, 3.8) is 0 Å². The molecule has 4 aromatic rings. The Kier molecular flexibility index (Phi) is 4.25. The van der Waals surface area contributed by atoms with Crippen LogP contribution in [0.25, 0.3) is 16.9 Å². The molecule has 0 aliphatic carbocycles. The fourth-order valence-electron chi connectivity index (χ4n) is 2.85. The van der Waals surface area contributed by atoms with Gasteiger partial charge in [0.2, 0.25) is 0 Å². The van der Waals surface area contributed by atoms with E-state index in [1.165, 1.54) is 0 Å². The number of nitrogens with one attached hydrogen (secondary N) is 1. The van der Waals surface area contributed by atoms with Crippen molar-refractivity contribution in [2.75, 3.05) is 11.1 Å². The highest BCUT2D eigenvalue weighted by Crippen LogP contribution is 2.25. The number of imidazole rings is 1. The highest BCUT2D eigenvalue weighted by Gasteiger charge is 2.11. The van der Waals surface area contributed by atoms with Crippen LogP contribution in [-0.2, 0) is 0 Å². The number of halogens is 1. The summed E-state index contributed by atoms with van der Waals surface area (Å²) in [4.78, 5) is 20.9. The van der Waals surface area contributed by atoms with Gasteiger partial charge in [0, 0.05) is 34.2 Å². The van der Waals surface area contributed by atoms with Gasteiger partial charge >= 0.3 is 0 Å². The molecule has 134 valence electrons. The molecule has 0 atom stereocenters. The number of amides is 1. The fraction of sp³-hybridized carbons (Fsp3) is 0.0500. The zero-order chi connectivity index (χ0) is 19.0. The Bertz CT molecular complexity index is 1170. The van der Waals surface area contributed by atoms with Crippen LogP contribution in [0, 0.1) is 6.92 Å². The second kappa shape index (κ2) is 6.74. The molecule has 0 saturated carbocycles. The molecule has 1 amide bonds. The number of fused-ring (bicyclic) bond motifs is 1. The van der Waals surface area contributed by atoms with Gasteiger partial charge in [-0.25, -0.2) is 9.97 Å². The molecule has 0 bridgehead atoms. The van der Waals surface area contributed by atoms with Gasteiger partial charge in [0.25, 0.3) is 5.91 Å². The summed E-state index contributed by atoms with van der Waals surface area (Å²) < 4.78 is 1.86. The van der Waals surface area contributed by atoms with Gasteiger partial charge in [0.15, 0.2) is 11.5 Å². The number of nitrogen functional groups attached to an aromatic ring is 1. The van der Waals surface area contributed by atoms with Gasteiger partial charge in [0.05, 0.1) is 11.9 Å². The van der Waals surface area contributed by atoms with Crippen LogP contribution in [0.1, 0.15) is 15.9 Å². The van der Waals surface area contributed by atoms with Crippen LogP contribution in [0.5, 0.6) is 0 Å². The van der Waals surface area contributed by atoms with Crippen molar-refractivity contribution >= 4 is 34.7 Å². The molecule has 0 radical (unpaired) electrons. The Hall–Kier alpha value is -3.38. The maximum atomic E-state index is 12.5. The molecule has 3 N–H and O–H groups in total. The summed E-state index contributed by atoms with van der Waals surface area (Å²) in [6.07, 6.45) is 5.15. The first-order chi connectivity index (χ1) is 13.0. The first kappa shape index (κ1) is 17.1. The number of hydrogen-bond donors (Lipinski definition) is 2. The third-order valence-corrected chi connectivity index (χ3v) is 4.71. The molecule has 2 aromatic carbocycles. The van der Waals surface area contributed by atoms with Crippen molar-refractivity contribution in [3.8, 4) is 11.3 Å². The molecule has 0 aliphatic heterocycles. The monoisotopic (exact) mass is 377 g/mol. The first-order valence-corrected chi connectivity index (χ1v) is 8.66. The zero-order valence-corrected chi connectivity index (χ0v) is 15.2. The van der Waals surface area contributed by atoms with E-state index >= 15 is 0 Å². The highest BCUT2D eigenvalue weighted by atomic mass is 35.5. The van der Waals surface area contributed by atoms with Crippen molar-refractivity contribution in [3.05, 3.63) is 77.2 Å². The van der Waals surface area contributed by atoms with Gasteiger partial charge in [0.1, 0.15) is 0 Å². The molecule has 6 nitrogen and oxygen atoms in total. The molecule has 0 fully saturated rings. The van der Waals surface area contributed by atoms with Gasteiger partial charge in [-0.2, -0.15) is 0 Å². The normalized spacial score (nSPS) is 10.9. The van der Waals surface area contributed by atoms with E-state index < -0.39 is 0 Å². The van der Waals surface area contributed by atoms with E-state index in [4.69, 9.17) is 17.3 Å². The summed E-state index contributed by atoms with van der Waals surface area (Å²) in [6.45, 7) is 1.89. The molecule has 0 aliphatic rings. The molecule has 7 heteroatoms. The number of anilines is 2. The van der Waals surface area contributed by atoms with Gasteiger partial charge in [-0.05, 0) is 36.8 Å². The number of nitrogens with two attached hydrogens (primary N) is 1. The molecular weight excluding hydrogens is 362 g/mol. The van der Waals surface area contributed by atoms with Crippen LogP contribution in [0.4, 0.5) is 11.5 Å². The number of aryl methyl sites for hydroxylation is 1. The van der Waals surface area contributed by atoms with E-state index in [1.807, 2.05) is 41.7 Å². The summed E-state index contributed by atoms with van der Waals surface area (Å²) in [5.74, 6) is 0.144. The second-order valence-corrected chi connectivity index (χ2v) is 6.56. The molecule has 27 heavy (non-hydrogen) atoms. The minimum atomic E-state index is -0.222. The maximum absolute atomic E-state index is 12.5. The number of aromatic nitrogens is 3. The van der Waals surface area contributed by atoms with E-state index in [2.05, 4.69) is 15.3 Å². The SMILES string of the molecule is Cc1ccc(C(=O)Nc2cccc(-c3cnc4c(N)nccn34)c2)cc1Cl. The second-order valence-electron chi connectivity index (χ2n) is 6.15. The molecule has 0 saturated heterocycles. The predicted molar refractivity (Wildman–Crippen MR) is 107 cm³/mol. The summed E-state index contributed by atoms with van der Waals surface area (Å²) in [7, 11) is 0. The zero-order valence-electron chi connectivity index (χ0n) is 14.5. The Labute approximate surface area is 160 Å². The largest absolute Gasteiger partial charge is 0.381 e. The van der Waals surface area contributed by atoms with E-state index in [0.717, 1.165) is 16.8 Å². The average molecular weight is 378 g/mol. The van der Waals surface area contributed by atoms with Gasteiger partial charge in [-0.15, -0.1) is 0 Å². The van der Waals surface area contributed by atoms with E-state index in [0.29, 0.717) is 27.7 Å². The fourth-order valence-corrected chi connectivity index (χ4v) is 3.03. The lowest BCUT2D eigenvalue weighted by Crippen LogP contribution is -2.12. The Morgan fingerprint density at radius 3 is 2.85 bits per heavy atom. The number of nitrogens with zero attached hydrogens (tertiary/aromatic N) is 3. The van der Waals surface area contributed by atoms with Crippen LogP contribution < -0.4 is 11.1 Å². The average Bonchev–Trinajstić information content (AvgIpc) is 3.10. The van der Waals surface area contributed by atoms with Crippen molar-refractivity contribution < 1.29 is 4.79 Å². The van der Waals surface area contributed by atoms with E-state index in [9.17, 15) is 4.79 Å². The predicted octanol–water partition coefficient (Wildman–Crippen LogP) is 4.19. The quantitative estimate of drug-likeness (QED) is 0.560. The summed E-state index contributed by atoms with van der Waals surface area (Å²) in [6, 6.07) is 12.8. The topological polar surface area (TPSA) is 85.3 Å². The Balaban J connectivity index is 1.65. The number of rotatable bonds is 3. The third-order valence-electron chi connectivity index (χ3n) is 4.31. The molecule has 0 unspecified atom stereocenters. The van der Waals surface area contributed by atoms with E-state index in [-0.39, 0.29) is 5.91 Å². The summed E-state index contributed by atoms with van der Waals surface area (Å²) in [5, 5.41) is 3.47. The Morgan fingerprint density at radius 1 is 1.19 bits per heavy atom. The van der Waals surface area contributed by atoms with Gasteiger partial charge in [-0.1, -0.05) is 29.8 Å². The lowest BCUT2D eigenvalue weighted by Gasteiger charge is -2.09. The third kappa shape index (κ3) is 3.22. The standard InChI is InChI=1S/C20H16ClN5O/c1-12-5-6-14(10-16(12)21)20(27)25-15-4-2-3-13(9-15)17-11-24-19-18(22)23-7-8-26(17)19/h2-11H,1H3,(H2,22,23)(H,25,27). The van der Waals surface area contributed by atoms with Gasteiger partial charge in [-0.3, -0.25) is 9.20 Å². The molecule has 2 aromatic heterocycles. The van der Waals surface area contributed by atoms with Crippen molar-refractivity contribution in [1.29, 1.82) is 0 Å². The molecule has 2 heterocycles. The lowest BCUT2D eigenvalue weighted by molar-refractivity contribution is 0.102. The summed E-state index contributed by atoms with van der Waals surface area (Å²) >= 11 is 6.12. The molecule has 4 rings (SSSR count). The van der Waals surface area contributed by atoms with Crippen LogP contribution in [0.15, 0.2) is 61.1 Å². The van der Waals surface area contributed by atoms with Crippen LogP contribution in [-0.4, -0.2) is 20.3 Å². The van der Waals surface area contributed by atoms with Crippen molar-refractivity contribution in [2.45, 2.75) is 6.92 Å². The molecule has 0 spiro atoms. The van der Waals surface area contributed by atoms with Crippen LogP contribution >= 0.6 is 11.6 Å². The van der Waals surface area contributed by atoms with Crippen molar-refractivity contribution in [1.82, 2.24) is 14.4 Å². The van der Waals surface area contributed by atoms with E-state index in [1.54, 1.807) is 30.7 Å². The number of hydrogen-bond acceptors (Lipinski definition) is 4. The van der Waals surface area contributed by atoms with Gasteiger partial charge < -0.3 is 11.1 Å². The molecular formula is C20H16ClN5O. The van der Waals surface area contributed by atoms with Crippen LogP contribution in [0.3, 0.4) is 0 Å².